The highest BCUT2D eigenvalue weighted by molar-refractivity contribution is 14.1. The van der Waals surface area contributed by atoms with E-state index < -0.39 is 11.9 Å². The molecule has 0 bridgehead atoms. The van der Waals surface area contributed by atoms with Crippen LogP contribution in [0.5, 0.6) is 0 Å². The Hall–Kier alpha value is -1.11. The lowest BCUT2D eigenvalue weighted by atomic mass is 10.2. The van der Waals surface area contributed by atoms with Crippen molar-refractivity contribution in [1.29, 1.82) is 0 Å². The Kier molecular flexibility index (Phi) is 3.13. The van der Waals surface area contributed by atoms with Crippen molar-refractivity contribution >= 4 is 40.2 Å². The molecule has 2 unspecified atom stereocenters. The van der Waals surface area contributed by atoms with Crippen LogP contribution >= 0.6 is 22.6 Å². The summed E-state index contributed by atoms with van der Waals surface area (Å²) in [6, 6.07) is 7.40. The number of benzene rings is 1. The average molecular weight is 331 g/mol. The van der Waals surface area contributed by atoms with Crippen LogP contribution in [0.1, 0.15) is 6.42 Å². The van der Waals surface area contributed by atoms with Crippen LogP contribution in [-0.4, -0.2) is 17.0 Å². The summed E-state index contributed by atoms with van der Waals surface area (Å²) in [5.74, 6) is -1.95. The molecule has 1 aromatic rings. The SMILES string of the molecule is O=C(O)C1CC1C(=O)Nc1cccc(I)c1. The zero-order valence-electron chi connectivity index (χ0n) is 8.31. The first-order valence-electron chi connectivity index (χ1n) is 4.87. The second-order valence-corrected chi connectivity index (χ2v) is 5.03. The number of carboxylic acid groups (broad SMARTS) is 1. The molecule has 0 heterocycles. The van der Waals surface area contributed by atoms with Gasteiger partial charge in [-0.2, -0.15) is 0 Å². The van der Waals surface area contributed by atoms with Gasteiger partial charge in [0.25, 0.3) is 0 Å². The normalized spacial score (nSPS) is 22.6. The van der Waals surface area contributed by atoms with E-state index in [0.29, 0.717) is 12.1 Å². The van der Waals surface area contributed by atoms with Gasteiger partial charge in [0, 0.05) is 9.26 Å². The van der Waals surface area contributed by atoms with Crippen LogP contribution in [0.4, 0.5) is 5.69 Å². The molecule has 1 saturated carbocycles. The Morgan fingerprint density at radius 1 is 1.38 bits per heavy atom. The molecular formula is C11H10INO3. The molecule has 84 valence electrons. The van der Waals surface area contributed by atoms with Crippen LogP contribution in [0.2, 0.25) is 0 Å². The van der Waals surface area contributed by atoms with E-state index in [-0.39, 0.29) is 11.8 Å². The van der Waals surface area contributed by atoms with Crippen molar-refractivity contribution in [3.05, 3.63) is 27.8 Å². The van der Waals surface area contributed by atoms with E-state index in [0.717, 1.165) is 3.57 Å². The predicted molar refractivity (Wildman–Crippen MR) is 67.0 cm³/mol. The summed E-state index contributed by atoms with van der Waals surface area (Å²) in [6.07, 6.45) is 0.449. The van der Waals surface area contributed by atoms with Gasteiger partial charge >= 0.3 is 5.97 Å². The van der Waals surface area contributed by atoms with E-state index in [4.69, 9.17) is 5.11 Å². The summed E-state index contributed by atoms with van der Waals surface area (Å²) in [5, 5.41) is 11.4. The minimum atomic E-state index is -0.886. The molecule has 1 amide bonds. The molecule has 2 rings (SSSR count). The number of carbonyl (C=O) groups excluding carboxylic acids is 1. The molecular weight excluding hydrogens is 321 g/mol. The summed E-state index contributed by atoms with van der Waals surface area (Å²) in [4.78, 5) is 22.2. The van der Waals surface area contributed by atoms with Gasteiger partial charge in [-0.15, -0.1) is 0 Å². The summed E-state index contributed by atoms with van der Waals surface area (Å²) < 4.78 is 1.03. The lowest BCUT2D eigenvalue weighted by molar-refractivity contribution is -0.139. The lowest BCUT2D eigenvalue weighted by Gasteiger charge is -2.04. The van der Waals surface area contributed by atoms with Crippen molar-refractivity contribution < 1.29 is 14.7 Å². The van der Waals surface area contributed by atoms with Crippen LogP contribution < -0.4 is 5.32 Å². The number of amides is 1. The molecule has 0 saturated heterocycles. The largest absolute Gasteiger partial charge is 0.481 e. The van der Waals surface area contributed by atoms with Crippen molar-refractivity contribution in [1.82, 2.24) is 0 Å². The van der Waals surface area contributed by atoms with E-state index in [1.807, 2.05) is 18.2 Å². The number of rotatable bonds is 3. The maximum atomic E-state index is 11.6. The molecule has 0 spiro atoms. The van der Waals surface area contributed by atoms with Crippen LogP contribution in [0.15, 0.2) is 24.3 Å². The standard InChI is InChI=1S/C11H10INO3/c12-6-2-1-3-7(4-6)13-10(14)8-5-9(8)11(15)16/h1-4,8-9H,5H2,(H,13,14)(H,15,16). The molecule has 1 aliphatic rings. The van der Waals surface area contributed by atoms with Crippen LogP contribution in [-0.2, 0) is 9.59 Å². The summed E-state index contributed by atoms with van der Waals surface area (Å²) in [6.45, 7) is 0. The smallest absolute Gasteiger partial charge is 0.307 e. The molecule has 0 aliphatic heterocycles. The fourth-order valence-corrected chi connectivity index (χ4v) is 2.10. The number of aliphatic carboxylic acids is 1. The molecule has 2 atom stereocenters. The number of carbonyl (C=O) groups is 2. The number of anilines is 1. The van der Waals surface area contributed by atoms with E-state index in [2.05, 4.69) is 27.9 Å². The van der Waals surface area contributed by atoms with Gasteiger partial charge in [0.05, 0.1) is 11.8 Å². The maximum Gasteiger partial charge on any atom is 0.307 e. The number of hydrogen-bond donors (Lipinski definition) is 2. The Morgan fingerprint density at radius 2 is 2.12 bits per heavy atom. The van der Waals surface area contributed by atoms with Gasteiger partial charge in [0.1, 0.15) is 0 Å². The summed E-state index contributed by atoms with van der Waals surface area (Å²) in [7, 11) is 0. The predicted octanol–water partition coefficient (Wildman–Crippen LogP) is 1.95. The average Bonchev–Trinajstić information content (AvgIpc) is 2.96. The van der Waals surface area contributed by atoms with Gasteiger partial charge in [-0.05, 0) is 47.2 Å². The number of hydrogen-bond acceptors (Lipinski definition) is 2. The summed E-state index contributed by atoms with van der Waals surface area (Å²) >= 11 is 2.15. The first kappa shape index (κ1) is 11.4. The van der Waals surface area contributed by atoms with Crippen LogP contribution in [0, 0.1) is 15.4 Å². The van der Waals surface area contributed by atoms with Gasteiger partial charge in [0.2, 0.25) is 5.91 Å². The van der Waals surface area contributed by atoms with E-state index in [9.17, 15) is 9.59 Å². The molecule has 1 aromatic carbocycles. The molecule has 2 N–H and O–H groups in total. The van der Waals surface area contributed by atoms with E-state index >= 15 is 0 Å². The van der Waals surface area contributed by atoms with Gasteiger partial charge in [-0.3, -0.25) is 9.59 Å². The Labute approximate surface area is 106 Å². The van der Waals surface area contributed by atoms with Crippen molar-refractivity contribution in [2.45, 2.75) is 6.42 Å². The molecule has 5 heteroatoms. The Bertz CT molecular complexity index is 447. The van der Waals surface area contributed by atoms with Crippen LogP contribution in [0.25, 0.3) is 0 Å². The number of carboxylic acids is 1. The van der Waals surface area contributed by atoms with Crippen molar-refractivity contribution in [3.8, 4) is 0 Å². The third-order valence-corrected chi connectivity index (χ3v) is 3.21. The second kappa shape index (κ2) is 4.40. The Balaban J connectivity index is 1.96. The third kappa shape index (κ3) is 2.52. The molecule has 1 aliphatic carbocycles. The van der Waals surface area contributed by atoms with E-state index in [1.54, 1.807) is 6.07 Å². The fraction of sp³-hybridized carbons (Fsp3) is 0.273. The lowest BCUT2D eigenvalue weighted by Crippen LogP contribution is -2.16. The van der Waals surface area contributed by atoms with Crippen molar-refractivity contribution in [3.63, 3.8) is 0 Å². The van der Waals surface area contributed by atoms with Gasteiger partial charge in [-0.1, -0.05) is 6.07 Å². The van der Waals surface area contributed by atoms with Crippen molar-refractivity contribution in [2.75, 3.05) is 5.32 Å². The molecule has 0 radical (unpaired) electrons. The quantitative estimate of drug-likeness (QED) is 0.832. The van der Waals surface area contributed by atoms with Gasteiger partial charge < -0.3 is 10.4 Å². The van der Waals surface area contributed by atoms with E-state index in [1.165, 1.54) is 0 Å². The van der Waals surface area contributed by atoms with Crippen molar-refractivity contribution in [2.24, 2.45) is 11.8 Å². The fourth-order valence-electron chi connectivity index (χ4n) is 1.56. The molecule has 16 heavy (non-hydrogen) atoms. The molecule has 4 nitrogen and oxygen atoms in total. The molecule has 0 aromatic heterocycles. The topological polar surface area (TPSA) is 66.4 Å². The highest BCUT2D eigenvalue weighted by Gasteiger charge is 2.48. The Morgan fingerprint density at radius 3 is 2.69 bits per heavy atom. The summed E-state index contributed by atoms with van der Waals surface area (Å²) in [5.41, 5.74) is 0.716. The van der Waals surface area contributed by atoms with Gasteiger partial charge in [0.15, 0.2) is 0 Å². The highest BCUT2D eigenvalue weighted by Crippen LogP contribution is 2.39. The highest BCUT2D eigenvalue weighted by atomic mass is 127. The second-order valence-electron chi connectivity index (χ2n) is 3.79. The van der Waals surface area contributed by atoms with Gasteiger partial charge in [-0.25, -0.2) is 0 Å². The maximum absolute atomic E-state index is 11.6. The third-order valence-electron chi connectivity index (χ3n) is 2.54. The minimum absolute atomic E-state index is 0.200. The zero-order valence-corrected chi connectivity index (χ0v) is 10.5. The number of nitrogens with one attached hydrogen (secondary N) is 1. The molecule has 1 fully saturated rings. The first-order valence-corrected chi connectivity index (χ1v) is 5.95. The van der Waals surface area contributed by atoms with Crippen LogP contribution in [0.3, 0.4) is 0 Å². The monoisotopic (exact) mass is 331 g/mol. The first-order chi connectivity index (χ1) is 7.58. The number of halogens is 1. The minimum Gasteiger partial charge on any atom is -0.481 e. The zero-order chi connectivity index (χ0) is 11.7.